The third-order valence-corrected chi connectivity index (χ3v) is 6.80. The van der Waals surface area contributed by atoms with Crippen molar-refractivity contribution in [3.63, 3.8) is 0 Å². The lowest BCUT2D eigenvalue weighted by Gasteiger charge is -2.10. The molecule has 0 amide bonds. The van der Waals surface area contributed by atoms with Crippen molar-refractivity contribution in [1.82, 2.24) is 39.6 Å². The lowest BCUT2D eigenvalue weighted by atomic mass is 10.1. The summed E-state index contributed by atoms with van der Waals surface area (Å²) >= 11 is 1.74. The van der Waals surface area contributed by atoms with Gasteiger partial charge in [0.1, 0.15) is 11.0 Å². The molecule has 6 rings (SSSR count). The molecule has 0 aliphatic carbocycles. The Bertz CT molecular complexity index is 1590. The predicted molar refractivity (Wildman–Crippen MR) is 102 cm³/mol. The molecule has 4 heterocycles. The first-order chi connectivity index (χ1) is 15.1. The number of rotatable bonds is 0. The number of benzene rings is 2. The second kappa shape index (κ2) is 6.10. The van der Waals surface area contributed by atoms with Gasteiger partial charge in [0.2, 0.25) is 9.92 Å². The topological polar surface area (TPSA) is 86.2 Å². The molecule has 0 saturated carbocycles. The van der Waals surface area contributed by atoms with Crippen LogP contribution in [0.4, 0.5) is 26.3 Å². The highest BCUT2D eigenvalue weighted by Gasteiger charge is 2.39. The largest absolute Gasteiger partial charge is 0.453 e. The van der Waals surface area contributed by atoms with E-state index in [2.05, 4.69) is 30.6 Å². The fourth-order valence-corrected chi connectivity index (χ4v) is 5.40. The van der Waals surface area contributed by atoms with E-state index in [1.807, 2.05) is 0 Å². The fraction of sp³-hybridized carbons (Fsp3) is 0.125. The Morgan fingerprint density at radius 1 is 0.625 bits per heavy atom. The molecule has 0 fully saturated rings. The minimum atomic E-state index is -4.77. The lowest BCUT2D eigenvalue weighted by Crippen LogP contribution is -2.12. The molecule has 4 aromatic heterocycles. The molecular formula is C16H4F6N8S2. The van der Waals surface area contributed by atoms with Crippen LogP contribution in [0.1, 0.15) is 11.6 Å². The van der Waals surface area contributed by atoms with Gasteiger partial charge in [0.15, 0.2) is 0 Å². The molecule has 0 saturated heterocycles. The molecule has 16 heteroatoms. The summed E-state index contributed by atoms with van der Waals surface area (Å²) in [4.78, 5) is -0.267. The van der Waals surface area contributed by atoms with Crippen molar-refractivity contribution in [3.8, 4) is 0 Å². The summed E-state index contributed by atoms with van der Waals surface area (Å²) in [5.74, 6) is -2.56. The van der Waals surface area contributed by atoms with E-state index in [4.69, 9.17) is 0 Å². The molecule has 0 aliphatic rings. The standard InChI is InChI=1S/C16H4F6N8S2/c17-15(18,19)11-23-25-13-29(11)27-7-5-3-1-2-4-6(5)8-10(9(7)31-13)32-14-26-24-12(16(20,21)22)30(14)28-8/h1-4H. The Labute approximate surface area is 178 Å². The van der Waals surface area contributed by atoms with Gasteiger partial charge in [0, 0.05) is 10.8 Å². The Morgan fingerprint density at radius 2 is 1.03 bits per heavy atom. The van der Waals surface area contributed by atoms with Gasteiger partial charge in [-0.2, -0.15) is 45.6 Å². The normalized spacial score (nSPS) is 13.3. The lowest BCUT2D eigenvalue weighted by molar-refractivity contribution is -0.147. The second-order valence-corrected chi connectivity index (χ2v) is 8.49. The van der Waals surface area contributed by atoms with E-state index >= 15 is 0 Å². The van der Waals surface area contributed by atoms with Crippen LogP contribution in [0.2, 0.25) is 0 Å². The Hall–Kier alpha value is -3.40. The SMILES string of the molecule is FC(F)(F)c1nnc2sc3c(nn12)c1ccccc1c1nn2c(C(F)(F)F)nnc2sc13. The molecule has 32 heavy (non-hydrogen) atoms. The highest BCUT2D eigenvalue weighted by molar-refractivity contribution is 7.30. The Morgan fingerprint density at radius 3 is 1.41 bits per heavy atom. The van der Waals surface area contributed by atoms with Gasteiger partial charge < -0.3 is 0 Å². The number of hydrogen-bond donors (Lipinski definition) is 0. The van der Waals surface area contributed by atoms with Crippen molar-refractivity contribution in [2.24, 2.45) is 0 Å². The van der Waals surface area contributed by atoms with Gasteiger partial charge in [-0.25, -0.2) is 0 Å². The van der Waals surface area contributed by atoms with Gasteiger partial charge in [-0.15, -0.1) is 20.4 Å². The van der Waals surface area contributed by atoms with Gasteiger partial charge in [-0.05, 0) is 0 Å². The van der Waals surface area contributed by atoms with Gasteiger partial charge in [-0.1, -0.05) is 46.9 Å². The number of aromatic nitrogens is 8. The van der Waals surface area contributed by atoms with Crippen LogP contribution in [0.15, 0.2) is 24.3 Å². The molecule has 0 atom stereocenters. The van der Waals surface area contributed by atoms with Crippen LogP contribution < -0.4 is 0 Å². The summed E-state index contributed by atoms with van der Waals surface area (Å²) in [5.41, 5.74) is 0.405. The summed E-state index contributed by atoms with van der Waals surface area (Å²) in [6.07, 6.45) is -9.54. The number of alkyl halides is 6. The summed E-state index contributed by atoms with van der Waals surface area (Å²) in [6, 6.07) is 6.49. The Kier molecular flexibility index (Phi) is 3.68. The average molecular weight is 486 g/mol. The smallest absolute Gasteiger partial charge is 0.179 e. The molecule has 0 bridgehead atoms. The van der Waals surface area contributed by atoms with Crippen molar-refractivity contribution >= 4 is 63.8 Å². The predicted octanol–water partition coefficient (Wildman–Crippen LogP) is 4.74. The highest BCUT2D eigenvalue weighted by atomic mass is 32.1. The molecule has 0 unspecified atom stereocenters. The molecule has 0 N–H and O–H groups in total. The van der Waals surface area contributed by atoms with E-state index in [0.717, 1.165) is 22.7 Å². The van der Waals surface area contributed by atoms with Crippen LogP contribution in [-0.2, 0) is 12.4 Å². The molecule has 2 aromatic carbocycles. The van der Waals surface area contributed by atoms with Crippen LogP contribution in [0.3, 0.4) is 0 Å². The van der Waals surface area contributed by atoms with E-state index < -0.39 is 24.0 Å². The van der Waals surface area contributed by atoms with Crippen LogP contribution >= 0.6 is 22.7 Å². The van der Waals surface area contributed by atoms with Gasteiger partial charge >= 0.3 is 12.4 Å². The molecule has 162 valence electrons. The number of nitrogens with zero attached hydrogens (tertiary/aromatic N) is 8. The van der Waals surface area contributed by atoms with Crippen molar-refractivity contribution in [2.75, 3.05) is 0 Å². The van der Waals surface area contributed by atoms with E-state index in [1.54, 1.807) is 24.3 Å². The van der Waals surface area contributed by atoms with Gasteiger partial charge in [-0.3, -0.25) is 0 Å². The number of fused-ring (bicyclic) bond motifs is 8. The van der Waals surface area contributed by atoms with Crippen molar-refractivity contribution < 1.29 is 26.3 Å². The first-order valence-electron chi connectivity index (χ1n) is 8.56. The minimum absolute atomic E-state index is 0.133. The molecule has 6 aromatic rings. The van der Waals surface area contributed by atoms with E-state index in [0.29, 0.717) is 29.2 Å². The first-order valence-corrected chi connectivity index (χ1v) is 10.2. The molecule has 8 nitrogen and oxygen atoms in total. The van der Waals surface area contributed by atoms with E-state index in [9.17, 15) is 26.3 Å². The third kappa shape index (κ3) is 2.62. The van der Waals surface area contributed by atoms with Crippen molar-refractivity contribution in [1.29, 1.82) is 0 Å². The molecule has 0 aliphatic heterocycles. The summed E-state index contributed by atoms with van der Waals surface area (Å²) < 4.78 is 81.9. The fourth-order valence-electron chi connectivity index (χ4n) is 3.32. The summed E-state index contributed by atoms with van der Waals surface area (Å²) in [6.45, 7) is 0. The zero-order valence-electron chi connectivity index (χ0n) is 15.0. The van der Waals surface area contributed by atoms with Crippen LogP contribution in [-0.4, -0.2) is 39.6 Å². The Balaban J connectivity index is 1.83. The number of halogens is 6. The maximum Gasteiger partial charge on any atom is 0.453 e. The van der Waals surface area contributed by atoms with E-state index in [-0.39, 0.29) is 21.0 Å². The van der Waals surface area contributed by atoms with Crippen LogP contribution in [0.5, 0.6) is 0 Å². The molecular weight excluding hydrogens is 482 g/mol. The average Bonchev–Trinajstić information content (AvgIpc) is 3.34. The quantitative estimate of drug-likeness (QED) is 0.228. The third-order valence-electron chi connectivity index (χ3n) is 4.59. The van der Waals surface area contributed by atoms with Crippen molar-refractivity contribution in [2.45, 2.75) is 12.4 Å². The molecule has 0 spiro atoms. The second-order valence-electron chi connectivity index (χ2n) is 6.54. The van der Waals surface area contributed by atoms with Gasteiger partial charge in [0.05, 0.1) is 9.40 Å². The highest BCUT2D eigenvalue weighted by Crippen LogP contribution is 2.40. The van der Waals surface area contributed by atoms with E-state index in [1.165, 1.54) is 0 Å². The first kappa shape index (κ1) is 19.3. The van der Waals surface area contributed by atoms with Gasteiger partial charge in [0.25, 0.3) is 11.6 Å². The molecule has 0 radical (unpaired) electrons. The minimum Gasteiger partial charge on any atom is -0.179 e. The number of hydrogen-bond acceptors (Lipinski definition) is 8. The zero-order valence-corrected chi connectivity index (χ0v) is 16.6. The van der Waals surface area contributed by atoms with Crippen LogP contribution in [0.25, 0.3) is 41.1 Å². The van der Waals surface area contributed by atoms with Crippen LogP contribution in [0, 0.1) is 0 Å². The van der Waals surface area contributed by atoms with Crippen molar-refractivity contribution in [3.05, 3.63) is 35.9 Å². The summed E-state index contributed by atoms with van der Waals surface area (Å²) in [5, 5.41) is 22.7. The summed E-state index contributed by atoms with van der Waals surface area (Å²) in [7, 11) is 0. The maximum absolute atomic E-state index is 13.3. The monoisotopic (exact) mass is 486 g/mol. The zero-order chi connectivity index (χ0) is 22.4. The maximum atomic E-state index is 13.3.